The van der Waals surface area contributed by atoms with Crippen LogP contribution in [0.3, 0.4) is 0 Å². The lowest BCUT2D eigenvalue weighted by Crippen LogP contribution is -2.28. The highest BCUT2D eigenvalue weighted by molar-refractivity contribution is 6.07. The number of fused-ring (bicyclic) bond motifs is 2. The lowest BCUT2D eigenvalue weighted by Gasteiger charge is -2.07. The van der Waals surface area contributed by atoms with Gasteiger partial charge in [-0.1, -0.05) is 24.3 Å². The summed E-state index contributed by atoms with van der Waals surface area (Å²) in [5, 5.41) is 12.1. The van der Waals surface area contributed by atoms with E-state index in [4.69, 9.17) is 0 Å². The van der Waals surface area contributed by atoms with Crippen LogP contribution >= 0.6 is 0 Å². The minimum atomic E-state index is -0.0815. The number of carbonyl (C=O) groups excluding carboxylic acids is 2. The minimum Gasteiger partial charge on any atom is -0.355 e. The summed E-state index contributed by atoms with van der Waals surface area (Å²) in [6, 6.07) is 13.4. The number of aromatic nitrogens is 4. The highest BCUT2D eigenvalue weighted by atomic mass is 16.2. The Morgan fingerprint density at radius 1 is 1.07 bits per heavy atom. The fourth-order valence-electron chi connectivity index (χ4n) is 3.40. The first-order chi connectivity index (χ1) is 13.6. The number of amides is 1. The van der Waals surface area contributed by atoms with Crippen LogP contribution in [0.1, 0.15) is 29.5 Å². The van der Waals surface area contributed by atoms with Crippen LogP contribution in [0.5, 0.6) is 0 Å². The summed E-state index contributed by atoms with van der Waals surface area (Å²) in [7, 11) is 0. The Balaban J connectivity index is 1.35. The number of carbonyl (C=O) groups is 2. The van der Waals surface area contributed by atoms with Gasteiger partial charge < -0.3 is 9.88 Å². The molecule has 0 saturated heterocycles. The Morgan fingerprint density at radius 3 is 2.75 bits per heavy atom. The number of hydrogen-bond acceptors (Lipinski definition) is 4. The summed E-state index contributed by atoms with van der Waals surface area (Å²) in [6.45, 7) is 2.28. The van der Waals surface area contributed by atoms with Gasteiger partial charge in [0.25, 0.3) is 0 Å². The van der Waals surface area contributed by atoms with Crippen molar-refractivity contribution in [2.24, 2.45) is 0 Å². The number of Topliss-reactive ketones (excluding diaryl/α,β-unsaturated/α-hetero) is 1. The van der Waals surface area contributed by atoms with Crippen molar-refractivity contribution in [1.82, 2.24) is 24.5 Å². The molecule has 4 aromatic rings. The summed E-state index contributed by atoms with van der Waals surface area (Å²) >= 11 is 0. The van der Waals surface area contributed by atoms with Gasteiger partial charge in [0.15, 0.2) is 11.4 Å². The highest BCUT2D eigenvalue weighted by Gasteiger charge is 2.13. The molecule has 0 aliphatic rings. The molecule has 7 heteroatoms. The molecule has 0 fully saturated rings. The van der Waals surface area contributed by atoms with Gasteiger partial charge in [-0.15, -0.1) is 10.2 Å². The predicted octanol–water partition coefficient (Wildman–Crippen LogP) is 2.64. The molecule has 0 aliphatic heterocycles. The zero-order valence-corrected chi connectivity index (χ0v) is 15.6. The normalized spacial score (nSPS) is 11.2. The molecule has 1 aromatic carbocycles. The molecule has 0 aliphatic carbocycles. The van der Waals surface area contributed by atoms with Gasteiger partial charge >= 0.3 is 0 Å². The molecule has 7 nitrogen and oxygen atoms in total. The van der Waals surface area contributed by atoms with Gasteiger partial charge in [-0.3, -0.25) is 14.0 Å². The molecular weight excluding hydrogens is 354 g/mol. The zero-order valence-electron chi connectivity index (χ0n) is 15.6. The molecule has 3 aromatic heterocycles. The van der Waals surface area contributed by atoms with Crippen LogP contribution in [-0.2, 0) is 17.8 Å². The van der Waals surface area contributed by atoms with Crippen LogP contribution in [0.4, 0.5) is 0 Å². The van der Waals surface area contributed by atoms with E-state index in [0.29, 0.717) is 12.1 Å². The van der Waals surface area contributed by atoms with E-state index < -0.39 is 0 Å². The van der Waals surface area contributed by atoms with Crippen LogP contribution in [0.2, 0.25) is 0 Å². The predicted molar refractivity (Wildman–Crippen MR) is 106 cm³/mol. The lowest BCUT2D eigenvalue weighted by atomic mass is 10.1. The van der Waals surface area contributed by atoms with Crippen LogP contribution in [0.15, 0.2) is 54.9 Å². The number of rotatable bonds is 7. The summed E-state index contributed by atoms with van der Waals surface area (Å²) in [5.74, 6) is 0.796. The molecule has 0 radical (unpaired) electrons. The van der Waals surface area contributed by atoms with Gasteiger partial charge in [-0.25, -0.2) is 0 Å². The third-order valence-electron chi connectivity index (χ3n) is 4.77. The number of nitrogens with one attached hydrogen (secondary N) is 1. The lowest BCUT2D eigenvalue weighted by molar-refractivity contribution is -0.121. The zero-order chi connectivity index (χ0) is 19.5. The fraction of sp³-hybridized carbons (Fsp3) is 0.238. The van der Waals surface area contributed by atoms with Crippen molar-refractivity contribution in [2.75, 3.05) is 6.54 Å². The van der Waals surface area contributed by atoms with Gasteiger partial charge in [-0.2, -0.15) is 0 Å². The Labute approximate surface area is 162 Å². The fourth-order valence-corrected chi connectivity index (χ4v) is 3.40. The Morgan fingerprint density at radius 2 is 1.89 bits per heavy atom. The summed E-state index contributed by atoms with van der Waals surface area (Å²) in [4.78, 5) is 24.2. The molecule has 0 spiro atoms. The molecule has 3 heterocycles. The Kier molecular flexibility index (Phi) is 4.89. The molecule has 142 valence electrons. The first kappa shape index (κ1) is 17.9. The quantitative estimate of drug-likeness (QED) is 0.398. The third kappa shape index (κ3) is 3.51. The number of pyridine rings is 1. The van der Waals surface area contributed by atoms with Crippen LogP contribution in [0.25, 0.3) is 16.6 Å². The van der Waals surface area contributed by atoms with Gasteiger partial charge in [0.05, 0.1) is 0 Å². The number of aryl methyl sites for hydroxylation is 1. The second kappa shape index (κ2) is 7.64. The van der Waals surface area contributed by atoms with Crippen molar-refractivity contribution in [3.05, 3.63) is 66.2 Å². The van der Waals surface area contributed by atoms with Crippen molar-refractivity contribution in [2.45, 2.75) is 26.3 Å². The highest BCUT2D eigenvalue weighted by Crippen LogP contribution is 2.21. The number of benzene rings is 1. The molecule has 0 unspecified atom stereocenters. The second-order valence-corrected chi connectivity index (χ2v) is 6.74. The topological polar surface area (TPSA) is 81.3 Å². The van der Waals surface area contributed by atoms with Gasteiger partial charge in [-0.05, 0) is 31.5 Å². The van der Waals surface area contributed by atoms with Crippen LogP contribution < -0.4 is 5.32 Å². The van der Waals surface area contributed by atoms with E-state index >= 15 is 0 Å². The molecule has 1 N–H and O–H groups in total. The van der Waals surface area contributed by atoms with E-state index in [2.05, 4.69) is 15.5 Å². The number of nitrogens with zero attached hydrogens (tertiary/aromatic N) is 4. The van der Waals surface area contributed by atoms with E-state index in [1.165, 1.54) is 0 Å². The second-order valence-electron chi connectivity index (χ2n) is 6.74. The number of para-hydroxylation sites is 1. The van der Waals surface area contributed by atoms with Gasteiger partial charge in [0.1, 0.15) is 12.4 Å². The molecule has 28 heavy (non-hydrogen) atoms. The van der Waals surface area contributed by atoms with E-state index in [1.54, 1.807) is 13.1 Å². The van der Waals surface area contributed by atoms with Gasteiger partial charge in [0.2, 0.25) is 5.91 Å². The van der Waals surface area contributed by atoms with E-state index in [1.807, 2.05) is 57.6 Å². The Bertz CT molecular complexity index is 1160. The largest absolute Gasteiger partial charge is 0.355 e. The van der Waals surface area contributed by atoms with Crippen molar-refractivity contribution in [3.63, 3.8) is 0 Å². The van der Waals surface area contributed by atoms with Gasteiger partial charge in [0, 0.05) is 41.8 Å². The van der Waals surface area contributed by atoms with Crippen molar-refractivity contribution >= 4 is 28.2 Å². The Hall–Kier alpha value is -3.48. The van der Waals surface area contributed by atoms with E-state index in [9.17, 15) is 9.59 Å². The number of hydrogen-bond donors (Lipinski definition) is 1. The summed E-state index contributed by atoms with van der Waals surface area (Å²) in [6.07, 6.45) is 5.20. The standard InChI is InChI=1S/C21H21N5O2/c1-15(27)17-13-25(18-8-3-2-7-16(17)18)14-21(28)22-11-6-10-20-24-23-19-9-4-5-12-26(19)20/h2-5,7-9,12-13H,6,10-11,14H2,1H3,(H,22,28). The molecular formula is C21H21N5O2. The van der Waals surface area contributed by atoms with Crippen molar-refractivity contribution < 1.29 is 9.59 Å². The van der Waals surface area contributed by atoms with Crippen molar-refractivity contribution in [1.29, 1.82) is 0 Å². The molecule has 4 rings (SSSR count). The minimum absolute atomic E-state index is 0.00380. The maximum absolute atomic E-state index is 12.4. The van der Waals surface area contributed by atoms with Crippen molar-refractivity contribution in [3.8, 4) is 0 Å². The molecule has 0 bridgehead atoms. The van der Waals surface area contributed by atoms with E-state index in [0.717, 1.165) is 35.2 Å². The molecule has 1 amide bonds. The average molecular weight is 375 g/mol. The monoisotopic (exact) mass is 375 g/mol. The SMILES string of the molecule is CC(=O)c1cn(CC(=O)NCCCc2nnc3ccccn23)c2ccccc12. The first-order valence-electron chi connectivity index (χ1n) is 9.27. The average Bonchev–Trinajstić information content (AvgIpc) is 3.27. The first-order valence-corrected chi connectivity index (χ1v) is 9.27. The third-order valence-corrected chi connectivity index (χ3v) is 4.77. The summed E-state index contributed by atoms with van der Waals surface area (Å²) < 4.78 is 3.78. The van der Waals surface area contributed by atoms with E-state index in [-0.39, 0.29) is 18.2 Å². The molecule has 0 saturated carbocycles. The van der Waals surface area contributed by atoms with Crippen LogP contribution in [-0.4, -0.2) is 37.4 Å². The maximum Gasteiger partial charge on any atom is 0.239 e. The maximum atomic E-state index is 12.4. The van der Waals surface area contributed by atoms with Crippen LogP contribution in [0, 0.1) is 0 Å². The molecule has 0 atom stereocenters. The summed E-state index contributed by atoms with van der Waals surface area (Å²) in [5.41, 5.74) is 2.35. The number of ketones is 1. The smallest absolute Gasteiger partial charge is 0.239 e.